The number of ether oxygens (including phenoxy) is 1. The normalized spacial score (nSPS) is 19.6. The Labute approximate surface area is 103 Å². The first kappa shape index (κ1) is 12.3. The van der Waals surface area contributed by atoms with Crippen molar-refractivity contribution < 1.29 is 4.74 Å². The van der Waals surface area contributed by atoms with E-state index in [0.717, 1.165) is 5.69 Å². The molecule has 1 aromatic rings. The van der Waals surface area contributed by atoms with Crippen LogP contribution in [0, 0.1) is 5.92 Å². The van der Waals surface area contributed by atoms with Crippen molar-refractivity contribution in [3.8, 4) is 5.88 Å². The minimum absolute atomic E-state index is 0.0447. The van der Waals surface area contributed by atoms with Crippen LogP contribution in [-0.4, -0.2) is 17.1 Å². The predicted octanol–water partition coefficient (Wildman–Crippen LogP) is 2.46. The van der Waals surface area contributed by atoms with E-state index in [9.17, 15) is 0 Å². The lowest BCUT2D eigenvalue weighted by Gasteiger charge is -2.22. The molecule has 17 heavy (non-hydrogen) atoms. The van der Waals surface area contributed by atoms with Crippen LogP contribution >= 0.6 is 0 Å². The minimum Gasteiger partial charge on any atom is -0.480 e. The monoisotopic (exact) mass is 235 g/mol. The topological polar surface area (TPSA) is 61.0 Å². The second-order valence-corrected chi connectivity index (χ2v) is 4.73. The maximum absolute atomic E-state index is 6.33. The molecule has 1 atom stereocenters. The predicted molar refractivity (Wildman–Crippen MR) is 66.7 cm³/mol. The fourth-order valence-electron chi connectivity index (χ4n) is 2.62. The highest BCUT2D eigenvalue weighted by Gasteiger charge is 2.24. The summed E-state index contributed by atoms with van der Waals surface area (Å²) in [6.45, 7) is 0. The van der Waals surface area contributed by atoms with Crippen molar-refractivity contribution in [3.05, 3.63) is 18.1 Å². The molecule has 0 aliphatic heterocycles. The van der Waals surface area contributed by atoms with Crippen molar-refractivity contribution in [1.29, 1.82) is 0 Å². The van der Waals surface area contributed by atoms with Crippen LogP contribution < -0.4 is 10.5 Å². The van der Waals surface area contributed by atoms with Crippen molar-refractivity contribution in [1.82, 2.24) is 9.97 Å². The molecule has 4 heteroatoms. The van der Waals surface area contributed by atoms with Crippen LogP contribution in [0.5, 0.6) is 5.88 Å². The van der Waals surface area contributed by atoms with Gasteiger partial charge in [0.25, 0.3) is 0 Å². The average Bonchev–Trinajstić information content (AvgIpc) is 2.66. The van der Waals surface area contributed by atoms with Crippen LogP contribution in [0.4, 0.5) is 0 Å². The molecule has 2 N–H and O–H groups in total. The summed E-state index contributed by atoms with van der Waals surface area (Å²) in [5, 5.41) is 0. The maximum atomic E-state index is 6.33. The molecular formula is C13H21N3O. The lowest BCUT2D eigenvalue weighted by molar-refractivity contribution is 0.343. The summed E-state index contributed by atoms with van der Waals surface area (Å²) in [4.78, 5) is 8.51. The molecule has 94 valence electrons. The SMILES string of the molecule is COc1nccnc1C(N)C1CCCCCC1. The van der Waals surface area contributed by atoms with Crippen molar-refractivity contribution in [2.75, 3.05) is 7.11 Å². The summed E-state index contributed by atoms with van der Waals surface area (Å²) in [5.41, 5.74) is 7.14. The van der Waals surface area contributed by atoms with Gasteiger partial charge in [-0.1, -0.05) is 25.7 Å². The standard InChI is InChI=1S/C13H21N3O/c1-17-13-12(15-8-9-16-13)11(14)10-6-4-2-3-5-7-10/h8-11H,2-7,14H2,1H3. The van der Waals surface area contributed by atoms with Crippen LogP contribution in [0.3, 0.4) is 0 Å². The van der Waals surface area contributed by atoms with E-state index in [1.165, 1.54) is 38.5 Å². The number of methoxy groups -OCH3 is 1. The zero-order valence-corrected chi connectivity index (χ0v) is 10.4. The Bertz CT molecular complexity index is 348. The summed E-state index contributed by atoms with van der Waals surface area (Å²) >= 11 is 0. The molecule has 1 aliphatic rings. The molecule has 1 fully saturated rings. The molecule has 1 aromatic heterocycles. The molecule has 1 unspecified atom stereocenters. The number of hydrogen-bond acceptors (Lipinski definition) is 4. The highest BCUT2D eigenvalue weighted by atomic mass is 16.5. The summed E-state index contributed by atoms with van der Waals surface area (Å²) in [6.07, 6.45) is 10.9. The minimum atomic E-state index is -0.0447. The second-order valence-electron chi connectivity index (χ2n) is 4.73. The summed E-state index contributed by atoms with van der Waals surface area (Å²) in [7, 11) is 1.62. The Morgan fingerprint density at radius 3 is 2.47 bits per heavy atom. The summed E-state index contributed by atoms with van der Waals surface area (Å²) in [5.74, 6) is 1.09. The van der Waals surface area contributed by atoms with Gasteiger partial charge in [0.15, 0.2) is 0 Å². The zero-order chi connectivity index (χ0) is 12.1. The Morgan fingerprint density at radius 2 is 1.82 bits per heavy atom. The molecule has 0 spiro atoms. The zero-order valence-electron chi connectivity index (χ0n) is 10.4. The van der Waals surface area contributed by atoms with E-state index in [1.54, 1.807) is 19.5 Å². The maximum Gasteiger partial charge on any atom is 0.236 e. The lowest BCUT2D eigenvalue weighted by Crippen LogP contribution is -2.23. The molecule has 1 heterocycles. The molecule has 0 aromatic carbocycles. The van der Waals surface area contributed by atoms with Gasteiger partial charge in [-0.2, -0.15) is 0 Å². The fourth-order valence-corrected chi connectivity index (χ4v) is 2.62. The molecule has 0 radical (unpaired) electrons. The third kappa shape index (κ3) is 2.94. The smallest absolute Gasteiger partial charge is 0.236 e. The van der Waals surface area contributed by atoms with E-state index in [-0.39, 0.29) is 6.04 Å². The van der Waals surface area contributed by atoms with Gasteiger partial charge in [0.2, 0.25) is 5.88 Å². The number of hydrogen-bond donors (Lipinski definition) is 1. The largest absolute Gasteiger partial charge is 0.480 e. The Hall–Kier alpha value is -1.16. The number of aromatic nitrogens is 2. The van der Waals surface area contributed by atoms with Crippen LogP contribution in [0.15, 0.2) is 12.4 Å². The van der Waals surface area contributed by atoms with Gasteiger partial charge in [-0.15, -0.1) is 0 Å². The Kier molecular flexibility index (Phi) is 4.31. The van der Waals surface area contributed by atoms with Gasteiger partial charge >= 0.3 is 0 Å². The van der Waals surface area contributed by atoms with Gasteiger partial charge in [-0.05, 0) is 18.8 Å². The second kappa shape index (κ2) is 5.96. The van der Waals surface area contributed by atoms with E-state index in [0.29, 0.717) is 11.8 Å². The van der Waals surface area contributed by atoms with Gasteiger partial charge in [0.05, 0.1) is 13.2 Å². The highest BCUT2D eigenvalue weighted by molar-refractivity contribution is 5.21. The third-order valence-corrected chi connectivity index (χ3v) is 3.61. The number of nitrogens with zero attached hydrogens (tertiary/aromatic N) is 2. The van der Waals surface area contributed by atoms with Crippen LogP contribution in [0.1, 0.15) is 50.3 Å². The van der Waals surface area contributed by atoms with Gasteiger partial charge in [0.1, 0.15) is 5.69 Å². The first-order chi connectivity index (χ1) is 8.33. The molecule has 0 amide bonds. The molecule has 2 rings (SSSR count). The molecule has 1 saturated carbocycles. The Balaban J connectivity index is 2.14. The molecular weight excluding hydrogens is 214 g/mol. The number of rotatable bonds is 3. The fraction of sp³-hybridized carbons (Fsp3) is 0.692. The van der Waals surface area contributed by atoms with Crippen molar-refractivity contribution in [3.63, 3.8) is 0 Å². The van der Waals surface area contributed by atoms with Crippen LogP contribution in [0.2, 0.25) is 0 Å². The van der Waals surface area contributed by atoms with E-state index < -0.39 is 0 Å². The van der Waals surface area contributed by atoms with Crippen molar-refractivity contribution in [2.24, 2.45) is 11.7 Å². The van der Waals surface area contributed by atoms with Crippen LogP contribution in [0.25, 0.3) is 0 Å². The molecule has 1 aliphatic carbocycles. The number of nitrogens with two attached hydrogens (primary N) is 1. The van der Waals surface area contributed by atoms with Gasteiger partial charge < -0.3 is 10.5 Å². The van der Waals surface area contributed by atoms with Gasteiger partial charge in [0, 0.05) is 12.4 Å². The molecule has 0 bridgehead atoms. The first-order valence-corrected chi connectivity index (χ1v) is 6.43. The quantitative estimate of drug-likeness (QED) is 0.817. The molecule has 0 saturated heterocycles. The van der Waals surface area contributed by atoms with E-state index in [2.05, 4.69) is 9.97 Å². The average molecular weight is 235 g/mol. The Morgan fingerprint density at radius 1 is 1.18 bits per heavy atom. The highest BCUT2D eigenvalue weighted by Crippen LogP contribution is 2.33. The van der Waals surface area contributed by atoms with Crippen LogP contribution in [-0.2, 0) is 0 Å². The summed E-state index contributed by atoms with van der Waals surface area (Å²) in [6, 6.07) is -0.0447. The van der Waals surface area contributed by atoms with Crippen molar-refractivity contribution in [2.45, 2.75) is 44.6 Å². The third-order valence-electron chi connectivity index (χ3n) is 3.61. The van der Waals surface area contributed by atoms with Gasteiger partial charge in [-0.3, -0.25) is 4.98 Å². The first-order valence-electron chi connectivity index (χ1n) is 6.43. The van der Waals surface area contributed by atoms with E-state index in [4.69, 9.17) is 10.5 Å². The van der Waals surface area contributed by atoms with E-state index >= 15 is 0 Å². The molecule has 4 nitrogen and oxygen atoms in total. The van der Waals surface area contributed by atoms with Crippen molar-refractivity contribution >= 4 is 0 Å². The van der Waals surface area contributed by atoms with Gasteiger partial charge in [-0.25, -0.2) is 4.98 Å². The van der Waals surface area contributed by atoms with E-state index in [1.807, 2.05) is 0 Å². The summed E-state index contributed by atoms with van der Waals surface area (Å²) < 4.78 is 5.23. The lowest BCUT2D eigenvalue weighted by atomic mass is 9.90.